The van der Waals surface area contributed by atoms with Gasteiger partial charge in [0, 0.05) is 25.3 Å². The number of hydrogen-bond acceptors (Lipinski definition) is 3. The Morgan fingerprint density at radius 1 is 1.62 bits per heavy atom. The van der Waals surface area contributed by atoms with Gasteiger partial charge in [0.1, 0.15) is 11.5 Å². The molecule has 86 valence electrons. The Kier molecular flexibility index (Phi) is 3.08. The van der Waals surface area contributed by atoms with Gasteiger partial charge in [0.25, 0.3) is 0 Å². The Balaban J connectivity index is 1.97. The van der Waals surface area contributed by atoms with Crippen LogP contribution in [-0.4, -0.2) is 23.1 Å². The van der Waals surface area contributed by atoms with Crippen LogP contribution in [0.2, 0.25) is 0 Å². The molecule has 0 radical (unpaired) electrons. The molecule has 0 bridgehead atoms. The average Bonchev–Trinajstić information content (AvgIpc) is 2.89. The molecule has 0 aliphatic carbocycles. The smallest absolute Gasteiger partial charge is 0.223 e. The van der Waals surface area contributed by atoms with E-state index in [-0.39, 0.29) is 17.6 Å². The number of rotatable bonds is 4. The number of carbonyl (C=O) groups excluding carboxylic acids is 2. The van der Waals surface area contributed by atoms with Crippen molar-refractivity contribution >= 4 is 11.7 Å². The highest BCUT2D eigenvalue weighted by Crippen LogP contribution is 2.21. The van der Waals surface area contributed by atoms with Gasteiger partial charge in [0.15, 0.2) is 0 Å². The fourth-order valence-electron chi connectivity index (χ4n) is 2.02. The van der Waals surface area contributed by atoms with Crippen LogP contribution in [-0.2, 0) is 16.1 Å². The van der Waals surface area contributed by atoms with Gasteiger partial charge in [-0.15, -0.1) is 0 Å². The summed E-state index contributed by atoms with van der Waals surface area (Å²) < 4.78 is 5.19. The number of hydrogen-bond donors (Lipinski definition) is 0. The number of nitrogens with zero attached hydrogens (tertiary/aromatic N) is 1. The number of ketones is 1. The van der Waals surface area contributed by atoms with E-state index in [2.05, 4.69) is 0 Å². The maximum atomic E-state index is 11.7. The van der Waals surface area contributed by atoms with E-state index in [9.17, 15) is 9.59 Å². The van der Waals surface area contributed by atoms with Crippen molar-refractivity contribution in [2.24, 2.45) is 5.92 Å². The molecule has 1 aromatic rings. The molecule has 1 aliphatic rings. The number of Topliss-reactive ketones (excluding diaryl/α,β-unsaturated/α-hetero) is 1. The van der Waals surface area contributed by atoms with Gasteiger partial charge in [0.2, 0.25) is 5.91 Å². The van der Waals surface area contributed by atoms with Crippen LogP contribution in [0.25, 0.3) is 0 Å². The van der Waals surface area contributed by atoms with E-state index in [1.807, 2.05) is 13.0 Å². The monoisotopic (exact) mass is 221 g/mol. The third-order valence-corrected chi connectivity index (χ3v) is 2.95. The maximum absolute atomic E-state index is 11.7. The van der Waals surface area contributed by atoms with Crippen molar-refractivity contribution in [3.05, 3.63) is 24.2 Å². The molecule has 1 unspecified atom stereocenters. The molecule has 2 heterocycles. The van der Waals surface area contributed by atoms with Crippen LogP contribution in [0.15, 0.2) is 22.8 Å². The summed E-state index contributed by atoms with van der Waals surface area (Å²) in [6, 6.07) is 3.63. The first-order valence-corrected chi connectivity index (χ1v) is 5.53. The first-order chi connectivity index (χ1) is 7.70. The highest BCUT2D eigenvalue weighted by atomic mass is 16.3. The van der Waals surface area contributed by atoms with E-state index in [0.29, 0.717) is 25.9 Å². The van der Waals surface area contributed by atoms with E-state index in [1.165, 1.54) is 0 Å². The SMILES string of the molecule is CCC(=O)C1CC(=O)N(Cc2ccco2)C1. The molecule has 0 aromatic carbocycles. The lowest BCUT2D eigenvalue weighted by atomic mass is 10.0. The van der Waals surface area contributed by atoms with Gasteiger partial charge >= 0.3 is 0 Å². The van der Waals surface area contributed by atoms with Gasteiger partial charge in [-0.25, -0.2) is 0 Å². The summed E-state index contributed by atoms with van der Waals surface area (Å²) in [5.41, 5.74) is 0. The number of furan rings is 1. The minimum absolute atomic E-state index is 0.0446. The molecule has 2 rings (SSSR count). The summed E-state index contributed by atoms with van der Waals surface area (Å²) in [5.74, 6) is 0.865. The second-order valence-electron chi connectivity index (χ2n) is 4.07. The quantitative estimate of drug-likeness (QED) is 0.776. The van der Waals surface area contributed by atoms with Crippen LogP contribution < -0.4 is 0 Å². The normalized spacial score (nSPS) is 20.4. The molecule has 0 spiro atoms. The third-order valence-electron chi connectivity index (χ3n) is 2.95. The Hall–Kier alpha value is -1.58. The Labute approximate surface area is 94.2 Å². The molecule has 0 saturated carbocycles. The van der Waals surface area contributed by atoms with Gasteiger partial charge in [-0.2, -0.15) is 0 Å². The molecule has 1 amide bonds. The van der Waals surface area contributed by atoms with Crippen LogP contribution in [0.5, 0.6) is 0 Å². The van der Waals surface area contributed by atoms with Crippen LogP contribution >= 0.6 is 0 Å². The molecule has 1 atom stereocenters. The lowest BCUT2D eigenvalue weighted by molar-refractivity contribution is -0.129. The van der Waals surface area contributed by atoms with Crippen LogP contribution in [0.3, 0.4) is 0 Å². The van der Waals surface area contributed by atoms with Crippen molar-refractivity contribution in [2.75, 3.05) is 6.54 Å². The second-order valence-corrected chi connectivity index (χ2v) is 4.07. The van der Waals surface area contributed by atoms with E-state index >= 15 is 0 Å². The topological polar surface area (TPSA) is 50.5 Å². The maximum Gasteiger partial charge on any atom is 0.223 e. The predicted molar refractivity (Wildman–Crippen MR) is 57.5 cm³/mol. The molecule has 1 aliphatic heterocycles. The van der Waals surface area contributed by atoms with Gasteiger partial charge in [-0.1, -0.05) is 6.92 Å². The molecule has 4 nitrogen and oxygen atoms in total. The molecule has 1 fully saturated rings. The fraction of sp³-hybridized carbons (Fsp3) is 0.500. The zero-order valence-electron chi connectivity index (χ0n) is 9.31. The fourth-order valence-corrected chi connectivity index (χ4v) is 2.02. The van der Waals surface area contributed by atoms with Crippen molar-refractivity contribution in [1.82, 2.24) is 4.90 Å². The van der Waals surface area contributed by atoms with Crippen molar-refractivity contribution in [1.29, 1.82) is 0 Å². The summed E-state index contributed by atoms with van der Waals surface area (Å²) in [7, 11) is 0. The van der Waals surface area contributed by atoms with Crippen molar-refractivity contribution in [3.8, 4) is 0 Å². The van der Waals surface area contributed by atoms with E-state index in [0.717, 1.165) is 5.76 Å². The first kappa shape index (κ1) is 10.9. The number of amides is 1. The summed E-state index contributed by atoms with van der Waals surface area (Å²) >= 11 is 0. The average molecular weight is 221 g/mol. The van der Waals surface area contributed by atoms with Crippen molar-refractivity contribution < 1.29 is 14.0 Å². The predicted octanol–water partition coefficient (Wildman–Crippen LogP) is 1.61. The van der Waals surface area contributed by atoms with Gasteiger partial charge in [-0.05, 0) is 12.1 Å². The van der Waals surface area contributed by atoms with Gasteiger partial charge in [-0.3, -0.25) is 9.59 Å². The minimum Gasteiger partial charge on any atom is -0.467 e. The molecule has 16 heavy (non-hydrogen) atoms. The lowest BCUT2D eigenvalue weighted by Gasteiger charge is -2.14. The van der Waals surface area contributed by atoms with Crippen molar-refractivity contribution in [3.63, 3.8) is 0 Å². The molecular formula is C12H15NO3. The Bertz CT molecular complexity index is 383. The van der Waals surface area contributed by atoms with Crippen LogP contribution in [0.1, 0.15) is 25.5 Å². The zero-order valence-corrected chi connectivity index (χ0v) is 9.31. The lowest BCUT2D eigenvalue weighted by Crippen LogP contribution is -2.25. The Morgan fingerprint density at radius 2 is 2.44 bits per heavy atom. The third kappa shape index (κ3) is 2.15. The largest absolute Gasteiger partial charge is 0.467 e. The first-order valence-electron chi connectivity index (χ1n) is 5.53. The van der Waals surface area contributed by atoms with Gasteiger partial charge in [0.05, 0.1) is 12.8 Å². The van der Waals surface area contributed by atoms with Crippen LogP contribution in [0.4, 0.5) is 0 Å². The summed E-state index contributed by atoms with van der Waals surface area (Å²) in [6.07, 6.45) is 2.45. The van der Waals surface area contributed by atoms with Gasteiger partial charge < -0.3 is 9.32 Å². The number of likely N-dealkylation sites (tertiary alicyclic amines) is 1. The zero-order chi connectivity index (χ0) is 11.5. The molecular weight excluding hydrogens is 206 g/mol. The minimum atomic E-state index is -0.118. The summed E-state index contributed by atoms with van der Waals surface area (Å²) in [4.78, 5) is 24.9. The van der Waals surface area contributed by atoms with Crippen LogP contribution in [0, 0.1) is 5.92 Å². The molecule has 4 heteroatoms. The summed E-state index contributed by atoms with van der Waals surface area (Å²) in [5, 5.41) is 0. The number of carbonyl (C=O) groups is 2. The highest BCUT2D eigenvalue weighted by molar-refractivity contribution is 5.90. The molecule has 0 N–H and O–H groups in total. The van der Waals surface area contributed by atoms with E-state index in [1.54, 1.807) is 17.2 Å². The van der Waals surface area contributed by atoms with Crippen molar-refractivity contribution in [2.45, 2.75) is 26.3 Å². The van der Waals surface area contributed by atoms with E-state index in [4.69, 9.17) is 4.42 Å². The second kappa shape index (κ2) is 4.51. The molecule has 1 saturated heterocycles. The highest BCUT2D eigenvalue weighted by Gasteiger charge is 2.33. The summed E-state index contributed by atoms with van der Waals surface area (Å²) in [6.45, 7) is 2.84. The standard InChI is InChI=1S/C12H15NO3/c1-2-11(14)9-6-12(15)13(7-9)8-10-4-3-5-16-10/h3-5,9H,2,6-8H2,1H3. The Morgan fingerprint density at radius 3 is 3.06 bits per heavy atom. The molecule has 1 aromatic heterocycles. The van der Waals surface area contributed by atoms with E-state index < -0.39 is 0 Å².